The molecule has 1 aromatic carbocycles. The minimum atomic E-state index is -0.449. The summed E-state index contributed by atoms with van der Waals surface area (Å²) in [6.45, 7) is 4.38. The van der Waals surface area contributed by atoms with Crippen LogP contribution in [0.2, 0.25) is 0 Å². The molecule has 7 heteroatoms. The van der Waals surface area contributed by atoms with Crippen molar-refractivity contribution in [3.05, 3.63) is 60.2 Å². The number of benzene rings is 1. The smallest absolute Gasteiger partial charge is 0.263 e. The zero-order valence-electron chi connectivity index (χ0n) is 15.3. The Morgan fingerprint density at radius 2 is 1.96 bits per heavy atom. The number of furan rings is 1. The Labute approximate surface area is 158 Å². The predicted octanol–water partition coefficient (Wildman–Crippen LogP) is 2.17. The number of hydrogen-bond donors (Lipinski definition) is 2. The lowest BCUT2D eigenvalue weighted by Gasteiger charge is -2.34. The fraction of sp³-hybridized carbons (Fsp3) is 0.300. The Kier molecular flexibility index (Phi) is 6.13. The van der Waals surface area contributed by atoms with E-state index in [1.54, 1.807) is 12.1 Å². The van der Waals surface area contributed by atoms with Gasteiger partial charge < -0.3 is 24.9 Å². The molecule has 1 amide bonds. The highest BCUT2D eigenvalue weighted by Crippen LogP contribution is 2.19. The molecule has 1 aliphatic heterocycles. The van der Waals surface area contributed by atoms with Gasteiger partial charge in [0.1, 0.15) is 17.4 Å². The van der Waals surface area contributed by atoms with Gasteiger partial charge in [0.15, 0.2) is 0 Å². The average molecular weight is 365 g/mol. The van der Waals surface area contributed by atoms with Crippen LogP contribution in [-0.2, 0) is 11.3 Å². The van der Waals surface area contributed by atoms with Crippen LogP contribution in [0, 0.1) is 11.3 Å². The van der Waals surface area contributed by atoms with Gasteiger partial charge in [-0.1, -0.05) is 0 Å². The monoisotopic (exact) mass is 365 g/mol. The van der Waals surface area contributed by atoms with Crippen LogP contribution < -0.4 is 15.5 Å². The molecular formula is C20H23N5O2. The fourth-order valence-electron chi connectivity index (χ4n) is 2.81. The summed E-state index contributed by atoms with van der Waals surface area (Å²) < 4.78 is 5.15. The van der Waals surface area contributed by atoms with Gasteiger partial charge in [-0.05, 0) is 43.4 Å². The van der Waals surface area contributed by atoms with Crippen molar-refractivity contribution in [1.82, 2.24) is 10.2 Å². The first-order valence-corrected chi connectivity index (χ1v) is 8.86. The SMILES string of the molecule is CN1CCN(c2ccc(N/C=C(/C#N)C(=O)NCc3ccco3)cc2)CC1. The van der Waals surface area contributed by atoms with Gasteiger partial charge in [-0.2, -0.15) is 5.26 Å². The lowest BCUT2D eigenvalue weighted by molar-refractivity contribution is -0.117. The number of nitriles is 1. The number of amides is 1. The number of likely N-dealkylation sites (N-methyl/N-ethyl adjacent to an activating group) is 1. The van der Waals surface area contributed by atoms with E-state index in [0.29, 0.717) is 5.76 Å². The van der Waals surface area contributed by atoms with E-state index in [0.717, 1.165) is 31.9 Å². The maximum Gasteiger partial charge on any atom is 0.263 e. The van der Waals surface area contributed by atoms with Crippen molar-refractivity contribution >= 4 is 17.3 Å². The van der Waals surface area contributed by atoms with E-state index < -0.39 is 5.91 Å². The minimum Gasteiger partial charge on any atom is -0.467 e. The normalized spacial score (nSPS) is 15.3. The molecule has 0 radical (unpaired) electrons. The minimum absolute atomic E-state index is 0.00435. The summed E-state index contributed by atoms with van der Waals surface area (Å²) in [5.41, 5.74) is 2.00. The molecule has 1 aromatic heterocycles. The molecular weight excluding hydrogens is 342 g/mol. The molecule has 2 aromatic rings. The van der Waals surface area contributed by atoms with Crippen molar-refractivity contribution in [2.75, 3.05) is 43.4 Å². The van der Waals surface area contributed by atoms with Crippen molar-refractivity contribution < 1.29 is 9.21 Å². The van der Waals surface area contributed by atoms with Crippen LogP contribution in [0.4, 0.5) is 11.4 Å². The molecule has 0 atom stereocenters. The number of piperazine rings is 1. The standard InChI is InChI=1S/C20H23N5O2/c1-24-8-10-25(11-9-24)18-6-4-17(5-7-18)22-14-16(13-21)20(26)23-15-19-3-2-12-27-19/h2-7,12,14,22H,8-11,15H2,1H3,(H,23,26)/b16-14-. The van der Waals surface area contributed by atoms with Crippen molar-refractivity contribution in [3.63, 3.8) is 0 Å². The largest absolute Gasteiger partial charge is 0.467 e. The van der Waals surface area contributed by atoms with Crippen LogP contribution in [0.25, 0.3) is 0 Å². The van der Waals surface area contributed by atoms with Gasteiger partial charge in [0, 0.05) is 43.8 Å². The third-order valence-electron chi connectivity index (χ3n) is 4.49. The van der Waals surface area contributed by atoms with Crippen LogP contribution in [-0.4, -0.2) is 44.0 Å². The van der Waals surface area contributed by atoms with E-state index in [4.69, 9.17) is 4.42 Å². The maximum absolute atomic E-state index is 12.1. The van der Waals surface area contributed by atoms with Crippen LogP contribution in [0.15, 0.2) is 58.9 Å². The highest BCUT2D eigenvalue weighted by atomic mass is 16.3. The van der Waals surface area contributed by atoms with Gasteiger partial charge in [0.25, 0.3) is 5.91 Å². The molecule has 140 valence electrons. The van der Waals surface area contributed by atoms with Crippen molar-refractivity contribution in [2.45, 2.75) is 6.54 Å². The molecule has 2 N–H and O–H groups in total. The Morgan fingerprint density at radius 1 is 1.22 bits per heavy atom. The third-order valence-corrected chi connectivity index (χ3v) is 4.49. The molecule has 7 nitrogen and oxygen atoms in total. The lowest BCUT2D eigenvalue weighted by atomic mass is 10.2. The topological polar surface area (TPSA) is 84.5 Å². The molecule has 0 unspecified atom stereocenters. The highest BCUT2D eigenvalue weighted by Gasteiger charge is 2.14. The van der Waals surface area contributed by atoms with Gasteiger partial charge >= 0.3 is 0 Å². The van der Waals surface area contributed by atoms with E-state index in [1.165, 1.54) is 18.2 Å². The van der Waals surface area contributed by atoms with E-state index >= 15 is 0 Å². The first-order chi connectivity index (χ1) is 13.2. The summed E-state index contributed by atoms with van der Waals surface area (Å²) in [5, 5.41) is 14.9. The van der Waals surface area contributed by atoms with Crippen LogP contribution in [0.3, 0.4) is 0 Å². The molecule has 1 fully saturated rings. The van der Waals surface area contributed by atoms with Gasteiger partial charge in [0.2, 0.25) is 0 Å². The third kappa shape index (κ3) is 5.12. The van der Waals surface area contributed by atoms with Gasteiger partial charge in [-0.3, -0.25) is 4.79 Å². The summed E-state index contributed by atoms with van der Waals surface area (Å²) in [7, 11) is 2.13. The average Bonchev–Trinajstić information content (AvgIpc) is 3.22. The number of carbonyl (C=O) groups is 1. The van der Waals surface area contributed by atoms with E-state index in [-0.39, 0.29) is 12.1 Å². The first kappa shape index (κ1) is 18.5. The Bertz CT molecular complexity index is 813. The predicted molar refractivity (Wildman–Crippen MR) is 104 cm³/mol. The summed E-state index contributed by atoms with van der Waals surface area (Å²) in [5.74, 6) is 0.184. The lowest BCUT2D eigenvalue weighted by Crippen LogP contribution is -2.44. The van der Waals surface area contributed by atoms with Crippen LogP contribution >= 0.6 is 0 Å². The fourth-order valence-corrected chi connectivity index (χ4v) is 2.81. The van der Waals surface area contributed by atoms with Gasteiger partial charge in [-0.25, -0.2) is 0 Å². The molecule has 0 bridgehead atoms. The molecule has 27 heavy (non-hydrogen) atoms. The second-order valence-corrected chi connectivity index (χ2v) is 6.41. The van der Waals surface area contributed by atoms with E-state index in [9.17, 15) is 10.1 Å². The Hall–Kier alpha value is -3.24. The number of nitrogens with zero attached hydrogens (tertiary/aromatic N) is 3. The quantitative estimate of drug-likeness (QED) is 0.603. The molecule has 3 rings (SSSR count). The second kappa shape index (κ2) is 8.92. The van der Waals surface area contributed by atoms with Crippen LogP contribution in [0.5, 0.6) is 0 Å². The van der Waals surface area contributed by atoms with E-state index in [1.807, 2.05) is 30.3 Å². The highest BCUT2D eigenvalue weighted by molar-refractivity contribution is 5.97. The van der Waals surface area contributed by atoms with Crippen molar-refractivity contribution in [1.29, 1.82) is 5.26 Å². The Balaban J connectivity index is 1.55. The molecule has 0 spiro atoms. The molecule has 0 saturated carbocycles. The number of anilines is 2. The first-order valence-electron chi connectivity index (χ1n) is 8.86. The summed E-state index contributed by atoms with van der Waals surface area (Å²) in [6.07, 6.45) is 2.96. The van der Waals surface area contributed by atoms with Crippen LogP contribution in [0.1, 0.15) is 5.76 Å². The number of carbonyl (C=O) groups excluding carboxylic acids is 1. The molecule has 1 aliphatic rings. The summed E-state index contributed by atoms with van der Waals surface area (Å²) >= 11 is 0. The number of hydrogen-bond acceptors (Lipinski definition) is 6. The zero-order valence-corrected chi connectivity index (χ0v) is 15.3. The molecule has 1 saturated heterocycles. The van der Waals surface area contributed by atoms with Crippen molar-refractivity contribution in [3.8, 4) is 6.07 Å². The van der Waals surface area contributed by atoms with Gasteiger partial charge in [0.05, 0.1) is 12.8 Å². The maximum atomic E-state index is 12.1. The summed E-state index contributed by atoms with van der Waals surface area (Å²) in [4.78, 5) is 16.8. The molecule has 0 aliphatic carbocycles. The molecule has 2 heterocycles. The Morgan fingerprint density at radius 3 is 2.59 bits per heavy atom. The van der Waals surface area contributed by atoms with Crippen molar-refractivity contribution in [2.24, 2.45) is 0 Å². The zero-order chi connectivity index (χ0) is 19.1. The van der Waals surface area contributed by atoms with Gasteiger partial charge in [-0.15, -0.1) is 0 Å². The second-order valence-electron chi connectivity index (χ2n) is 6.41. The number of nitrogens with one attached hydrogen (secondary N) is 2. The number of rotatable bonds is 6. The summed E-state index contributed by atoms with van der Waals surface area (Å²) in [6, 6.07) is 13.4. The van der Waals surface area contributed by atoms with E-state index in [2.05, 4.69) is 27.5 Å².